The van der Waals surface area contributed by atoms with Gasteiger partial charge in [0.05, 0.1) is 11.6 Å². The Bertz CT molecular complexity index is 410. The monoisotopic (exact) mass is 286 g/mol. The van der Waals surface area contributed by atoms with Crippen LogP contribution in [0.5, 0.6) is 0 Å². The highest BCUT2D eigenvalue weighted by molar-refractivity contribution is 6.31. The number of hydrogen-bond donors (Lipinski definition) is 2. The first kappa shape index (κ1) is 14.7. The normalized spacial score (nSPS) is 19.3. The van der Waals surface area contributed by atoms with Crippen LogP contribution in [0.4, 0.5) is 4.39 Å². The lowest BCUT2D eigenvalue weighted by molar-refractivity contribution is 0.179. The van der Waals surface area contributed by atoms with Gasteiger partial charge in [-0.3, -0.25) is 4.90 Å². The zero-order valence-electron chi connectivity index (χ0n) is 10.9. The van der Waals surface area contributed by atoms with Gasteiger partial charge in [-0.05, 0) is 31.0 Å². The highest BCUT2D eigenvalue weighted by Crippen LogP contribution is 2.21. The summed E-state index contributed by atoms with van der Waals surface area (Å²) in [6.07, 6.45) is 2.34. The molecule has 1 fully saturated rings. The van der Waals surface area contributed by atoms with Gasteiger partial charge in [0.25, 0.3) is 0 Å². The van der Waals surface area contributed by atoms with Crippen molar-refractivity contribution >= 4 is 11.6 Å². The Balaban J connectivity index is 2.00. The van der Waals surface area contributed by atoms with Gasteiger partial charge in [0, 0.05) is 25.7 Å². The van der Waals surface area contributed by atoms with Crippen molar-refractivity contribution in [1.82, 2.24) is 10.2 Å². The van der Waals surface area contributed by atoms with E-state index in [1.807, 2.05) is 6.07 Å². The molecule has 1 aliphatic rings. The van der Waals surface area contributed by atoms with Crippen molar-refractivity contribution in [3.05, 3.63) is 34.6 Å². The molecule has 1 aliphatic heterocycles. The second-order valence-electron chi connectivity index (χ2n) is 4.96. The number of aliphatic hydroxyl groups excluding tert-OH is 1. The molecule has 19 heavy (non-hydrogen) atoms. The third kappa shape index (κ3) is 4.14. The molecule has 0 amide bonds. The van der Waals surface area contributed by atoms with Crippen LogP contribution in [0.15, 0.2) is 18.2 Å². The summed E-state index contributed by atoms with van der Waals surface area (Å²) in [4.78, 5) is 2.11. The molecule has 5 heteroatoms. The summed E-state index contributed by atoms with van der Waals surface area (Å²) in [6, 6.07) is 5.32. The van der Waals surface area contributed by atoms with Crippen molar-refractivity contribution in [1.29, 1.82) is 0 Å². The van der Waals surface area contributed by atoms with Crippen LogP contribution in [-0.4, -0.2) is 42.3 Å². The van der Waals surface area contributed by atoms with E-state index in [-0.39, 0.29) is 17.4 Å². The molecule has 106 valence electrons. The average molecular weight is 287 g/mol. The number of rotatable bonds is 6. The van der Waals surface area contributed by atoms with Crippen molar-refractivity contribution in [2.24, 2.45) is 0 Å². The fraction of sp³-hybridized carbons (Fsp3) is 0.571. The first-order valence-corrected chi connectivity index (χ1v) is 7.08. The Morgan fingerprint density at radius 3 is 3.00 bits per heavy atom. The van der Waals surface area contributed by atoms with E-state index in [1.165, 1.54) is 12.5 Å². The molecule has 0 saturated carbocycles. The number of benzene rings is 1. The molecule has 2 N–H and O–H groups in total. The van der Waals surface area contributed by atoms with Crippen LogP contribution in [0.3, 0.4) is 0 Å². The van der Waals surface area contributed by atoms with Gasteiger partial charge in [0.15, 0.2) is 0 Å². The number of aliphatic hydroxyl groups is 1. The maximum absolute atomic E-state index is 13.4. The second kappa shape index (κ2) is 7.20. The highest BCUT2D eigenvalue weighted by atomic mass is 35.5. The summed E-state index contributed by atoms with van der Waals surface area (Å²) in [6.45, 7) is 3.14. The van der Waals surface area contributed by atoms with Gasteiger partial charge < -0.3 is 10.4 Å². The Morgan fingerprint density at radius 1 is 1.47 bits per heavy atom. The zero-order valence-corrected chi connectivity index (χ0v) is 11.7. The van der Waals surface area contributed by atoms with Gasteiger partial charge in [-0.15, -0.1) is 0 Å². The third-order valence-corrected chi connectivity index (χ3v) is 3.91. The Hall–Kier alpha value is -0.680. The lowest BCUT2D eigenvalue weighted by Crippen LogP contribution is -2.38. The van der Waals surface area contributed by atoms with Crippen LogP contribution in [0, 0.1) is 5.82 Å². The molecule has 1 saturated heterocycles. The minimum Gasteiger partial charge on any atom is -0.395 e. The summed E-state index contributed by atoms with van der Waals surface area (Å²) < 4.78 is 13.4. The summed E-state index contributed by atoms with van der Waals surface area (Å²) in [5.41, 5.74) is 0.771. The van der Waals surface area contributed by atoms with Crippen molar-refractivity contribution in [2.75, 3.05) is 26.2 Å². The third-order valence-electron chi connectivity index (χ3n) is 3.48. The molecule has 1 aromatic rings. The molecule has 1 heterocycles. The SMILES string of the molecule is OCCN(Cc1cccc(F)c1Cl)CC1CCCN1. The van der Waals surface area contributed by atoms with Crippen LogP contribution < -0.4 is 5.32 Å². The first-order chi connectivity index (χ1) is 9.20. The van der Waals surface area contributed by atoms with Crippen LogP contribution in [-0.2, 0) is 6.54 Å². The molecule has 0 spiro atoms. The fourth-order valence-electron chi connectivity index (χ4n) is 2.51. The van der Waals surface area contributed by atoms with E-state index in [0.29, 0.717) is 19.1 Å². The molecular weight excluding hydrogens is 267 g/mol. The maximum atomic E-state index is 13.4. The molecular formula is C14H20ClFN2O. The fourth-order valence-corrected chi connectivity index (χ4v) is 2.70. The summed E-state index contributed by atoms with van der Waals surface area (Å²) >= 11 is 5.97. The first-order valence-electron chi connectivity index (χ1n) is 6.70. The van der Waals surface area contributed by atoms with Crippen LogP contribution in [0.2, 0.25) is 5.02 Å². The summed E-state index contributed by atoms with van der Waals surface area (Å²) in [5, 5.41) is 12.8. The minimum absolute atomic E-state index is 0.0969. The quantitative estimate of drug-likeness (QED) is 0.840. The van der Waals surface area contributed by atoms with Crippen LogP contribution in [0.1, 0.15) is 18.4 Å². The van der Waals surface area contributed by atoms with Crippen molar-refractivity contribution in [2.45, 2.75) is 25.4 Å². The van der Waals surface area contributed by atoms with E-state index in [9.17, 15) is 4.39 Å². The second-order valence-corrected chi connectivity index (χ2v) is 5.34. The van der Waals surface area contributed by atoms with E-state index in [1.54, 1.807) is 6.07 Å². The molecule has 2 rings (SSSR count). The molecule has 0 bridgehead atoms. The number of halogens is 2. The van der Waals surface area contributed by atoms with Gasteiger partial charge in [0.2, 0.25) is 0 Å². The topological polar surface area (TPSA) is 35.5 Å². The van der Waals surface area contributed by atoms with Gasteiger partial charge >= 0.3 is 0 Å². The zero-order chi connectivity index (χ0) is 13.7. The van der Waals surface area contributed by atoms with Gasteiger partial charge in [-0.1, -0.05) is 23.7 Å². The largest absolute Gasteiger partial charge is 0.395 e. The Morgan fingerprint density at radius 2 is 2.32 bits per heavy atom. The maximum Gasteiger partial charge on any atom is 0.142 e. The van der Waals surface area contributed by atoms with Gasteiger partial charge in [-0.25, -0.2) is 4.39 Å². The van der Waals surface area contributed by atoms with E-state index >= 15 is 0 Å². The van der Waals surface area contributed by atoms with Crippen molar-refractivity contribution < 1.29 is 9.50 Å². The molecule has 0 aliphatic carbocycles. The molecule has 0 radical (unpaired) electrons. The molecule has 1 unspecified atom stereocenters. The van der Waals surface area contributed by atoms with Crippen LogP contribution in [0.25, 0.3) is 0 Å². The van der Waals surface area contributed by atoms with E-state index < -0.39 is 0 Å². The standard InChI is InChI=1S/C14H20ClFN2O/c15-14-11(3-1-5-13(14)16)9-18(7-8-19)10-12-4-2-6-17-12/h1,3,5,12,17,19H,2,4,6-10H2. The predicted octanol–water partition coefficient (Wildman–Crippen LogP) is 2.03. The lowest BCUT2D eigenvalue weighted by Gasteiger charge is -2.25. The Kier molecular flexibility index (Phi) is 5.58. The lowest BCUT2D eigenvalue weighted by atomic mass is 10.1. The molecule has 1 atom stereocenters. The Labute approximate surface area is 118 Å². The number of nitrogens with one attached hydrogen (secondary N) is 1. The van der Waals surface area contributed by atoms with Gasteiger partial charge in [-0.2, -0.15) is 0 Å². The number of hydrogen-bond acceptors (Lipinski definition) is 3. The number of nitrogens with zero attached hydrogens (tertiary/aromatic N) is 1. The van der Waals surface area contributed by atoms with E-state index in [2.05, 4.69) is 10.2 Å². The average Bonchev–Trinajstić information content (AvgIpc) is 2.88. The van der Waals surface area contributed by atoms with Crippen molar-refractivity contribution in [3.8, 4) is 0 Å². The highest BCUT2D eigenvalue weighted by Gasteiger charge is 2.18. The summed E-state index contributed by atoms with van der Waals surface area (Å²) in [5.74, 6) is -0.387. The smallest absolute Gasteiger partial charge is 0.142 e. The van der Waals surface area contributed by atoms with Crippen LogP contribution >= 0.6 is 11.6 Å². The molecule has 3 nitrogen and oxygen atoms in total. The van der Waals surface area contributed by atoms with Crippen molar-refractivity contribution in [3.63, 3.8) is 0 Å². The van der Waals surface area contributed by atoms with E-state index in [4.69, 9.17) is 16.7 Å². The molecule has 1 aromatic carbocycles. The predicted molar refractivity (Wildman–Crippen MR) is 74.8 cm³/mol. The molecule has 0 aromatic heterocycles. The minimum atomic E-state index is -0.387. The van der Waals surface area contributed by atoms with E-state index in [0.717, 1.165) is 25.1 Å². The van der Waals surface area contributed by atoms with Gasteiger partial charge in [0.1, 0.15) is 5.82 Å². The summed E-state index contributed by atoms with van der Waals surface area (Å²) in [7, 11) is 0.